The summed E-state index contributed by atoms with van der Waals surface area (Å²) >= 11 is 0. The molecule has 0 saturated carbocycles. The van der Waals surface area contributed by atoms with Gasteiger partial charge in [0.05, 0.1) is 25.3 Å². The van der Waals surface area contributed by atoms with Gasteiger partial charge in [-0.3, -0.25) is 24.7 Å². The Morgan fingerprint density at radius 1 is 0.970 bits per heavy atom. The molecule has 3 aromatic rings. The summed E-state index contributed by atoms with van der Waals surface area (Å²) in [6, 6.07) is 14.4. The number of benzene rings is 2. The zero-order valence-corrected chi connectivity index (χ0v) is 18.0. The van der Waals surface area contributed by atoms with Crippen LogP contribution in [0.5, 0.6) is 11.5 Å². The van der Waals surface area contributed by atoms with Crippen LogP contribution in [-0.2, 0) is 16.1 Å². The molecule has 168 valence electrons. The molecule has 1 unspecified atom stereocenters. The van der Waals surface area contributed by atoms with E-state index in [-0.39, 0.29) is 24.8 Å². The summed E-state index contributed by atoms with van der Waals surface area (Å²) in [7, 11) is 0. The van der Waals surface area contributed by atoms with Crippen molar-refractivity contribution in [3.05, 3.63) is 65.9 Å². The molecule has 3 amide bonds. The molecule has 1 fully saturated rings. The lowest BCUT2D eigenvalue weighted by Crippen LogP contribution is -2.52. The fourth-order valence-corrected chi connectivity index (χ4v) is 4.31. The van der Waals surface area contributed by atoms with Gasteiger partial charge in [0.15, 0.2) is 0 Å². The average Bonchev–Trinajstić information content (AvgIpc) is 3.16. The van der Waals surface area contributed by atoms with E-state index in [1.54, 1.807) is 18.3 Å². The second-order valence-electron chi connectivity index (χ2n) is 8.06. The number of piperidine rings is 1. The van der Waals surface area contributed by atoms with E-state index in [1.807, 2.05) is 36.4 Å². The second kappa shape index (κ2) is 8.90. The molecule has 3 heterocycles. The van der Waals surface area contributed by atoms with Crippen LogP contribution in [0.1, 0.15) is 35.2 Å². The molecule has 5 rings (SSSR count). The molecule has 1 saturated heterocycles. The van der Waals surface area contributed by atoms with Crippen molar-refractivity contribution >= 4 is 28.6 Å². The highest BCUT2D eigenvalue weighted by Crippen LogP contribution is 2.33. The lowest BCUT2D eigenvalue weighted by atomic mass is 10.0. The minimum absolute atomic E-state index is 0.210. The number of hydrogen-bond donors (Lipinski definition) is 1. The summed E-state index contributed by atoms with van der Waals surface area (Å²) < 4.78 is 11.9. The summed E-state index contributed by atoms with van der Waals surface area (Å²) in [5.41, 5.74) is 2.20. The number of carbonyl (C=O) groups is 3. The number of imide groups is 1. The number of aromatic nitrogens is 1. The fourth-order valence-electron chi connectivity index (χ4n) is 4.31. The number of para-hydroxylation sites is 1. The van der Waals surface area contributed by atoms with Crippen molar-refractivity contribution in [2.75, 3.05) is 13.2 Å². The second-order valence-corrected chi connectivity index (χ2v) is 8.06. The number of ether oxygens (including phenoxy) is 2. The Morgan fingerprint density at radius 2 is 1.79 bits per heavy atom. The molecular weight excluding hydrogens is 422 g/mol. The summed E-state index contributed by atoms with van der Waals surface area (Å²) in [6.45, 7) is 1.19. The molecule has 2 aromatic carbocycles. The van der Waals surface area contributed by atoms with E-state index < -0.39 is 11.9 Å². The smallest absolute Gasteiger partial charge is 0.255 e. The predicted octanol–water partition coefficient (Wildman–Crippen LogP) is 2.84. The Labute approximate surface area is 190 Å². The summed E-state index contributed by atoms with van der Waals surface area (Å²) in [6.07, 6.45) is 2.95. The van der Waals surface area contributed by atoms with Crippen molar-refractivity contribution in [2.24, 2.45) is 0 Å². The third kappa shape index (κ3) is 4.11. The van der Waals surface area contributed by atoms with Crippen LogP contribution in [-0.4, -0.2) is 46.9 Å². The zero-order valence-electron chi connectivity index (χ0n) is 18.0. The van der Waals surface area contributed by atoms with E-state index in [0.717, 1.165) is 22.2 Å². The van der Waals surface area contributed by atoms with Gasteiger partial charge in [-0.2, -0.15) is 0 Å². The lowest BCUT2D eigenvalue weighted by Gasteiger charge is -2.29. The third-order valence-corrected chi connectivity index (χ3v) is 5.95. The molecule has 2 aliphatic heterocycles. The van der Waals surface area contributed by atoms with E-state index in [0.29, 0.717) is 37.4 Å². The Balaban J connectivity index is 1.19. The van der Waals surface area contributed by atoms with Crippen molar-refractivity contribution in [2.45, 2.75) is 31.8 Å². The zero-order chi connectivity index (χ0) is 22.8. The molecule has 8 heteroatoms. The number of pyridine rings is 1. The molecular formula is C25H23N3O5. The van der Waals surface area contributed by atoms with Crippen molar-refractivity contribution in [1.29, 1.82) is 0 Å². The van der Waals surface area contributed by atoms with Crippen LogP contribution in [0.15, 0.2) is 54.7 Å². The lowest BCUT2D eigenvalue weighted by molar-refractivity contribution is -0.136. The molecule has 1 N–H and O–H groups in total. The normalized spacial score (nSPS) is 17.8. The molecule has 0 bridgehead atoms. The Hall–Kier alpha value is -3.94. The fraction of sp³-hybridized carbons (Fsp3) is 0.280. The van der Waals surface area contributed by atoms with Crippen molar-refractivity contribution in [3.8, 4) is 11.5 Å². The molecule has 0 radical (unpaired) electrons. The topological polar surface area (TPSA) is 97.8 Å². The number of nitrogens with zero attached hydrogens (tertiary/aromatic N) is 2. The standard InChI is InChI=1S/C25H23N3O5/c29-23-10-9-20(24(30)27-23)28-15-18-16(25(28)31)6-3-8-21(18)32-13-4-14-33-22-11-12-26-19-7-2-1-5-17(19)22/h1-3,5-8,11-12,20H,4,9-10,13-15H2,(H,27,29,30). The highest BCUT2D eigenvalue weighted by Gasteiger charge is 2.40. The quantitative estimate of drug-likeness (QED) is 0.444. The van der Waals surface area contributed by atoms with E-state index >= 15 is 0 Å². The molecule has 8 nitrogen and oxygen atoms in total. The monoisotopic (exact) mass is 445 g/mol. The number of carbonyl (C=O) groups excluding carboxylic acids is 3. The van der Waals surface area contributed by atoms with Gasteiger partial charge in [-0.1, -0.05) is 18.2 Å². The van der Waals surface area contributed by atoms with Crippen LogP contribution in [0.2, 0.25) is 0 Å². The largest absolute Gasteiger partial charge is 0.493 e. The van der Waals surface area contributed by atoms with E-state index in [2.05, 4.69) is 10.3 Å². The molecule has 0 aliphatic carbocycles. The highest BCUT2D eigenvalue weighted by atomic mass is 16.5. The van der Waals surface area contributed by atoms with Gasteiger partial charge in [-0.15, -0.1) is 0 Å². The van der Waals surface area contributed by atoms with Crippen LogP contribution in [0.25, 0.3) is 10.9 Å². The van der Waals surface area contributed by atoms with Gasteiger partial charge in [0.25, 0.3) is 5.91 Å². The van der Waals surface area contributed by atoms with Crippen LogP contribution in [0, 0.1) is 0 Å². The number of hydrogen-bond acceptors (Lipinski definition) is 6. The van der Waals surface area contributed by atoms with Crippen LogP contribution in [0.4, 0.5) is 0 Å². The first-order chi connectivity index (χ1) is 16.1. The van der Waals surface area contributed by atoms with Gasteiger partial charge in [0.1, 0.15) is 17.5 Å². The summed E-state index contributed by atoms with van der Waals surface area (Å²) in [5.74, 6) is 0.483. The molecule has 1 atom stereocenters. The highest BCUT2D eigenvalue weighted by molar-refractivity contribution is 6.05. The first-order valence-electron chi connectivity index (χ1n) is 11.0. The molecule has 2 aliphatic rings. The predicted molar refractivity (Wildman–Crippen MR) is 120 cm³/mol. The molecule has 1 aromatic heterocycles. The number of amides is 3. The van der Waals surface area contributed by atoms with Gasteiger partial charge in [0.2, 0.25) is 11.8 Å². The van der Waals surface area contributed by atoms with E-state index in [9.17, 15) is 14.4 Å². The Morgan fingerprint density at radius 3 is 2.64 bits per heavy atom. The molecule has 0 spiro atoms. The average molecular weight is 445 g/mol. The SMILES string of the molecule is O=C1CCC(N2Cc3c(OCCCOc4ccnc5ccccc45)cccc3C2=O)C(=O)N1. The van der Waals surface area contributed by atoms with Gasteiger partial charge in [0, 0.05) is 35.6 Å². The summed E-state index contributed by atoms with van der Waals surface area (Å²) in [5, 5.41) is 3.29. The maximum absolute atomic E-state index is 12.9. The summed E-state index contributed by atoms with van der Waals surface area (Å²) in [4.78, 5) is 42.4. The number of fused-ring (bicyclic) bond motifs is 2. The first kappa shape index (κ1) is 20.9. The van der Waals surface area contributed by atoms with Crippen molar-refractivity contribution < 1.29 is 23.9 Å². The molecule has 33 heavy (non-hydrogen) atoms. The van der Waals surface area contributed by atoms with Gasteiger partial charge in [-0.05, 0) is 36.8 Å². The first-order valence-corrected chi connectivity index (χ1v) is 11.0. The van der Waals surface area contributed by atoms with Crippen molar-refractivity contribution in [3.63, 3.8) is 0 Å². The maximum Gasteiger partial charge on any atom is 0.255 e. The van der Waals surface area contributed by atoms with Gasteiger partial charge < -0.3 is 14.4 Å². The van der Waals surface area contributed by atoms with Crippen LogP contribution >= 0.6 is 0 Å². The van der Waals surface area contributed by atoms with Gasteiger partial charge in [-0.25, -0.2) is 0 Å². The third-order valence-electron chi connectivity index (χ3n) is 5.95. The van der Waals surface area contributed by atoms with Crippen LogP contribution in [0.3, 0.4) is 0 Å². The van der Waals surface area contributed by atoms with E-state index in [1.165, 1.54) is 4.90 Å². The maximum atomic E-state index is 12.9. The number of nitrogens with one attached hydrogen (secondary N) is 1. The minimum atomic E-state index is -0.640. The van der Waals surface area contributed by atoms with Crippen LogP contribution < -0.4 is 14.8 Å². The minimum Gasteiger partial charge on any atom is -0.493 e. The number of rotatable bonds is 7. The Kier molecular flexibility index (Phi) is 5.64. The van der Waals surface area contributed by atoms with Crippen molar-refractivity contribution in [1.82, 2.24) is 15.2 Å². The van der Waals surface area contributed by atoms with Gasteiger partial charge >= 0.3 is 0 Å². The Bertz CT molecular complexity index is 1240. The van der Waals surface area contributed by atoms with E-state index in [4.69, 9.17) is 9.47 Å².